The van der Waals surface area contributed by atoms with Crippen LogP contribution in [0.15, 0.2) is 18.2 Å². The number of anilines is 2. The van der Waals surface area contributed by atoms with Crippen molar-refractivity contribution in [2.75, 3.05) is 23.8 Å². The molecule has 1 aliphatic heterocycles. The number of carbonyl (C=O) groups excluding carboxylic acids is 2. The topological polar surface area (TPSA) is 81.9 Å². The summed E-state index contributed by atoms with van der Waals surface area (Å²) in [4.78, 5) is 25.8. The summed E-state index contributed by atoms with van der Waals surface area (Å²) >= 11 is 0. The first-order valence-electron chi connectivity index (χ1n) is 7.47. The second-order valence-electron chi connectivity index (χ2n) is 5.52. The summed E-state index contributed by atoms with van der Waals surface area (Å²) in [5.74, 6) is 0.0815. The fourth-order valence-corrected chi connectivity index (χ4v) is 2.45. The van der Waals surface area contributed by atoms with Gasteiger partial charge in [-0.15, -0.1) is 0 Å². The Morgan fingerprint density at radius 2 is 2.18 bits per heavy atom. The smallest absolute Gasteiger partial charge is 0.307 e. The number of esters is 1. The molecular weight excluding hydrogens is 284 g/mol. The summed E-state index contributed by atoms with van der Waals surface area (Å²) in [6.07, 6.45) is -0.450. The van der Waals surface area contributed by atoms with Gasteiger partial charge in [-0.1, -0.05) is 19.9 Å². The molecule has 0 aromatic heterocycles. The van der Waals surface area contributed by atoms with Crippen LogP contribution >= 0.6 is 0 Å². The van der Waals surface area contributed by atoms with Crippen molar-refractivity contribution in [3.8, 4) is 5.75 Å². The van der Waals surface area contributed by atoms with Gasteiger partial charge in [-0.05, 0) is 25.0 Å². The molecule has 2 N–H and O–H groups in total. The van der Waals surface area contributed by atoms with Crippen molar-refractivity contribution < 1.29 is 19.1 Å². The van der Waals surface area contributed by atoms with Gasteiger partial charge in [0.1, 0.15) is 11.4 Å². The van der Waals surface area contributed by atoms with Crippen LogP contribution in [0.1, 0.15) is 27.2 Å². The molecule has 1 atom stereocenters. The Kier molecular flexibility index (Phi) is 4.90. The van der Waals surface area contributed by atoms with E-state index in [4.69, 9.17) is 15.2 Å². The lowest BCUT2D eigenvalue weighted by Crippen LogP contribution is -2.49. The highest BCUT2D eigenvalue weighted by Gasteiger charge is 2.37. The fourth-order valence-electron chi connectivity index (χ4n) is 2.45. The second kappa shape index (κ2) is 6.68. The van der Waals surface area contributed by atoms with Gasteiger partial charge in [0.25, 0.3) is 5.91 Å². The molecule has 120 valence electrons. The van der Waals surface area contributed by atoms with Crippen molar-refractivity contribution in [3.63, 3.8) is 0 Å². The van der Waals surface area contributed by atoms with Crippen LogP contribution in [-0.2, 0) is 14.3 Å². The third kappa shape index (κ3) is 3.16. The average Bonchev–Trinajstić information content (AvgIpc) is 2.46. The van der Waals surface area contributed by atoms with E-state index in [0.29, 0.717) is 23.7 Å². The van der Waals surface area contributed by atoms with Crippen LogP contribution in [-0.4, -0.2) is 31.1 Å². The van der Waals surface area contributed by atoms with E-state index in [2.05, 4.69) is 0 Å². The van der Waals surface area contributed by atoms with Crippen molar-refractivity contribution in [1.82, 2.24) is 0 Å². The second-order valence-corrected chi connectivity index (χ2v) is 5.52. The number of hydrogen-bond donors (Lipinski definition) is 1. The number of nitrogens with two attached hydrogens (primary N) is 1. The number of carbonyl (C=O) groups is 2. The first-order chi connectivity index (χ1) is 10.5. The molecule has 1 aromatic carbocycles. The van der Waals surface area contributed by atoms with Crippen LogP contribution in [0.25, 0.3) is 0 Å². The normalized spacial score (nSPS) is 17.2. The van der Waals surface area contributed by atoms with Gasteiger partial charge in [-0.25, -0.2) is 0 Å². The Labute approximate surface area is 130 Å². The predicted octanol–water partition coefficient (Wildman–Crippen LogP) is 1.97. The maximum absolute atomic E-state index is 12.6. The molecule has 0 saturated carbocycles. The number of fused-ring (bicyclic) bond motifs is 1. The van der Waals surface area contributed by atoms with Crippen molar-refractivity contribution in [2.24, 2.45) is 5.92 Å². The van der Waals surface area contributed by atoms with Crippen LogP contribution in [0.5, 0.6) is 5.75 Å². The van der Waals surface area contributed by atoms with E-state index in [1.807, 2.05) is 13.8 Å². The molecule has 1 unspecified atom stereocenters. The van der Waals surface area contributed by atoms with Crippen LogP contribution < -0.4 is 15.4 Å². The molecule has 1 aromatic rings. The zero-order valence-electron chi connectivity index (χ0n) is 13.2. The number of hydrogen-bond acceptors (Lipinski definition) is 5. The minimum atomic E-state index is -0.573. The average molecular weight is 306 g/mol. The summed E-state index contributed by atoms with van der Waals surface area (Å²) in [6, 6.07) is 5.28. The third-order valence-corrected chi connectivity index (χ3v) is 3.51. The van der Waals surface area contributed by atoms with Crippen LogP contribution in [0.3, 0.4) is 0 Å². The first kappa shape index (κ1) is 16.1. The van der Waals surface area contributed by atoms with Crippen LogP contribution in [0.2, 0.25) is 0 Å². The van der Waals surface area contributed by atoms with E-state index in [-0.39, 0.29) is 30.8 Å². The quantitative estimate of drug-likeness (QED) is 0.664. The number of rotatable bonds is 5. The molecule has 0 fully saturated rings. The van der Waals surface area contributed by atoms with E-state index in [1.54, 1.807) is 25.1 Å². The van der Waals surface area contributed by atoms with Crippen molar-refractivity contribution >= 4 is 23.3 Å². The highest BCUT2D eigenvalue weighted by molar-refractivity contribution is 6.03. The van der Waals surface area contributed by atoms with Crippen LogP contribution in [0.4, 0.5) is 11.4 Å². The molecule has 2 rings (SSSR count). The zero-order valence-corrected chi connectivity index (χ0v) is 13.2. The molecule has 0 saturated heterocycles. The van der Waals surface area contributed by atoms with Gasteiger partial charge in [0.15, 0.2) is 6.10 Å². The molecule has 0 spiro atoms. The van der Waals surface area contributed by atoms with Crippen molar-refractivity contribution in [1.29, 1.82) is 0 Å². The van der Waals surface area contributed by atoms with Gasteiger partial charge in [-0.3, -0.25) is 9.59 Å². The first-order valence-corrected chi connectivity index (χ1v) is 7.47. The lowest BCUT2D eigenvalue weighted by atomic mass is 10.0. The van der Waals surface area contributed by atoms with E-state index in [0.717, 1.165) is 0 Å². The Bertz CT molecular complexity index is 571. The Morgan fingerprint density at radius 1 is 1.45 bits per heavy atom. The minimum absolute atomic E-state index is 0.0205. The molecule has 0 bridgehead atoms. The summed E-state index contributed by atoms with van der Waals surface area (Å²) in [5, 5.41) is 0. The molecule has 22 heavy (non-hydrogen) atoms. The highest BCUT2D eigenvalue weighted by atomic mass is 16.5. The molecule has 6 heteroatoms. The van der Waals surface area contributed by atoms with Gasteiger partial charge in [-0.2, -0.15) is 0 Å². The number of ether oxygens (including phenoxy) is 2. The zero-order chi connectivity index (χ0) is 16.3. The Morgan fingerprint density at radius 3 is 2.82 bits per heavy atom. The molecular formula is C16H22N2O4. The SMILES string of the molecule is CCOC(=O)CCN1C(=O)C(C(C)C)Oc2cccc(N)c21. The van der Waals surface area contributed by atoms with E-state index in [9.17, 15) is 9.59 Å². The Hall–Kier alpha value is -2.24. The monoisotopic (exact) mass is 306 g/mol. The van der Waals surface area contributed by atoms with Gasteiger partial charge >= 0.3 is 5.97 Å². The summed E-state index contributed by atoms with van der Waals surface area (Å²) in [6.45, 7) is 6.14. The molecule has 0 aliphatic carbocycles. The van der Waals surface area contributed by atoms with Gasteiger partial charge in [0.2, 0.25) is 0 Å². The van der Waals surface area contributed by atoms with Gasteiger partial charge in [0, 0.05) is 6.54 Å². The number of nitrogens with zero attached hydrogens (tertiary/aromatic N) is 1. The number of nitrogen functional groups attached to an aromatic ring is 1. The van der Waals surface area contributed by atoms with E-state index < -0.39 is 6.10 Å². The summed E-state index contributed by atoms with van der Waals surface area (Å²) in [5.41, 5.74) is 6.98. The fraction of sp³-hybridized carbons (Fsp3) is 0.500. The summed E-state index contributed by atoms with van der Waals surface area (Å²) in [7, 11) is 0. The minimum Gasteiger partial charge on any atom is -0.478 e. The van der Waals surface area contributed by atoms with E-state index in [1.165, 1.54) is 4.90 Å². The number of para-hydroxylation sites is 1. The number of benzene rings is 1. The van der Waals surface area contributed by atoms with Crippen molar-refractivity contribution in [2.45, 2.75) is 33.3 Å². The summed E-state index contributed by atoms with van der Waals surface area (Å²) < 4.78 is 10.7. The number of amides is 1. The molecule has 6 nitrogen and oxygen atoms in total. The highest BCUT2D eigenvalue weighted by Crippen LogP contribution is 2.40. The molecule has 1 heterocycles. The molecule has 1 aliphatic rings. The Balaban J connectivity index is 2.29. The van der Waals surface area contributed by atoms with Crippen LogP contribution in [0, 0.1) is 5.92 Å². The van der Waals surface area contributed by atoms with E-state index >= 15 is 0 Å². The lowest BCUT2D eigenvalue weighted by molar-refractivity contribution is -0.142. The maximum Gasteiger partial charge on any atom is 0.307 e. The third-order valence-electron chi connectivity index (χ3n) is 3.51. The standard InChI is InChI=1S/C16H22N2O4/c1-4-21-13(19)8-9-18-14-11(17)6-5-7-12(14)22-15(10(2)3)16(18)20/h5-7,10,15H,4,8-9,17H2,1-3H3. The lowest BCUT2D eigenvalue weighted by Gasteiger charge is -2.36. The molecule has 1 amide bonds. The largest absolute Gasteiger partial charge is 0.478 e. The molecule has 0 radical (unpaired) electrons. The van der Waals surface area contributed by atoms with Crippen molar-refractivity contribution in [3.05, 3.63) is 18.2 Å². The van der Waals surface area contributed by atoms with Gasteiger partial charge in [0.05, 0.1) is 18.7 Å². The van der Waals surface area contributed by atoms with Gasteiger partial charge < -0.3 is 20.1 Å². The maximum atomic E-state index is 12.6. The predicted molar refractivity (Wildman–Crippen MR) is 83.7 cm³/mol.